The standard InChI is InChI=1S/C36H49ClF3I2N6O3S/c1-4-23-20-52-21-31(23)44-34(50)41-24-7-9-42(10-8-24)35(51)45-30(17-22-15-28(36(38,39)40)32(43-2)29(37)16-22)33(49)48-13-11-47(12-14-48)27-18-25-5-6-26(19-27)46(25)3/h15-16,20-21,24-27,30,43H,4-14,17-19H2,1-3H3,(H,44,50)(H,45,51)/q-1/t25?,26?,27?,30-/m1/s1. The summed E-state index contributed by atoms with van der Waals surface area (Å²) in [6.07, 6.45) is 2.51. The van der Waals surface area contributed by atoms with E-state index in [1.807, 2.05) is 5.38 Å². The van der Waals surface area contributed by atoms with E-state index in [0.29, 0.717) is 35.1 Å². The number of anilines is 2. The number of nitrogens with one attached hydrogen (secondary N) is 3. The fourth-order valence-corrected chi connectivity index (χ4v) is 19.5. The maximum absolute atomic E-state index is 14.2. The number of carbonyl (C=O) groups is 3. The van der Waals surface area contributed by atoms with Crippen molar-refractivity contribution in [3.8, 4) is 0 Å². The van der Waals surface area contributed by atoms with Gasteiger partial charge < -0.3 is 0 Å². The summed E-state index contributed by atoms with van der Waals surface area (Å²) in [6, 6.07) is 3.22. The van der Waals surface area contributed by atoms with Crippen molar-refractivity contribution in [2.45, 2.75) is 92.6 Å². The molecule has 4 aliphatic rings. The number of piperidine rings is 1. The normalized spacial score (nSPS) is 24.6. The van der Waals surface area contributed by atoms with E-state index in [4.69, 9.17) is 11.6 Å². The number of halogens is 6. The molecule has 2 bridgehead atoms. The Morgan fingerprint density at radius 1 is 1.02 bits per heavy atom. The van der Waals surface area contributed by atoms with E-state index in [1.165, 1.54) is 26.0 Å². The van der Waals surface area contributed by atoms with E-state index in [1.54, 1.807) is 16.2 Å². The summed E-state index contributed by atoms with van der Waals surface area (Å²) in [5, 5.41) is 12.6. The van der Waals surface area contributed by atoms with Crippen LogP contribution in [0, 0.1) is 0 Å². The summed E-state index contributed by atoms with van der Waals surface area (Å²) in [7, 11) is 3.61. The molecule has 6 rings (SSSR count). The number of hydrogen-bond acceptors (Lipinski definition) is 7. The topological polar surface area (TPSA) is 97.0 Å². The van der Waals surface area contributed by atoms with Gasteiger partial charge in [-0.2, -0.15) is 0 Å². The van der Waals surface area contributed by atoms with Crippen LogP contribution in [0.15, 0.2) is 22.9 Å². The molecule has 0 aliphatic carbocycles. The first-order valence-corrected chi connectivity index (χ1v) is 25.9. The third-order valence-corrected chi connectivity index (χ3v) is 20.7. The van der Waals surface area contributed by atoms with Crippen LogP contribution < -0.4 is 37.2 Å². The molecule has 0 radical (unpaired) electrons. The van der Waals surface area contributed by atoms with Crippen molar-refractivity contribution in [2.75, 3.05) is 59.8 Å². The second-order valence-corrected chi connectivity index (χ2v) is 24.4. The van der Waals surface area contributed by atoms with Gasteiger partial charge in [0.1, 0.15) is 0 Å². The van der Waals surface area contributed by atoms with Crippen molar-refractivity contribution in [3.63, 3.8) is 0 Å². The van der Waals surface area contributed by atoms with Crippen molar-refractivity contribution < 1.29 is 48.8 Å². The van der Waals surface area contributed by atoms with Crippen LogP contribution in [0.5, 0.6) is 0 Å². The van der Waals surface area contributed by atoms with E-state index in [9.17, 15) is 27.6 Å². The third kappa shape index (κ3) is 9.51. The van der Waals surface area contributed by atoms with E-state index >= 15 is 0 Å². The van der Waals surface area contributed by atoms with Gasteiger partial charge in [0.05, 0.1) is 0 Å². The quantitative estimate of drug-likeness (QED) is 0.134. The van der Waals surface area contributed by atoms with E-state index in [0.717, 1.165) is 71.4 Å². The van der Waals surface area contributed by atoms with Gasteiger partial charge in [-0.3, -0.25) is 0 Å². The molecule has 0 spiro atoms. The van der Waals surface area contributed by atoms with Crippen molar-refractivity contribution >= 4 is 67.9 Å². The Morgan fingerprint density at radius 3 is 2.31 bits per heavy atom. The Morgan fingerprint density at radius 2 is 1.69 bits per heavy atom. The zero-order valence-electron chi connectivity index (χ0n) is 29.8. The molecule has 3 N–H and O–H groups in total. The van der Waals surface area contributed by atoms with Crippen LogP contribution in [0.2, 0.25) is 5.02 Å². The van der Waals surface area contributed by atoms with Crippen molar-refractivity contribution in [2.24, 2.45) is 0 Å². The Labute approximate surface area is 331 Å². The number of alkyl halides is 6. The molecule has 4 saturated heterocycles. The number of aryl methyl sites for hydroxylation is 1. The molecule has 1 aromatic heterocycles. The predicted molar refractivity (Wildman–Crippen MR) is 207 cm³/mol. The van der Waals surface area contributed by atoms with Gasteiger partial charge in [-0.05, 0) is 7.05 Å². The second kappa shape index (κ2) is 17.6. The fraction of sp³-hybridized carbons (Fsp3) is 0.639. The number of amides is 3. The van der Waals surface area contributed by atoms with Crippen molar-refractivity contribution in [1.29, 1.82) is 0 Å². The van der Waals surface area contributed by atoms with Gasteiger partial charge in [-0.25, -0.2) is 0 Å². The van der Waals surface area contributed by atoms with Gasteiger partial charge in [0.2, 0.25) is 0 Å². The van der Waals surface area contributed by atoms with Gasteiger partial charge in [-0.15, -0.1) is 0 Å². The predicted octanol–water partition coefficient (Wildman–Crippen LogP) is 4.40. The number of piperazine rings is 1. The molecule has 5 heterocycles. The number of hydrogen-bond donors (Lipinski definition) is 3. The number of fused-ring (bicyclic) bond motifs is 2. The van der Waals surface area contributed by atoms with Gasteiger partial charge in [0, 0.05) is 0 Å². The second-order valence-electron chi connectivity index (χ2n) is 14.1. The summed E-state index contributed by atoms with van der Waals surface area (Å²) in [6.45, 7) is 4.58. The van der Waals surface area contributed by atoms with E-state index in [-0.39, 0.29) is 36.4 Å². The van der Waals surface area contributed by atoms with Crippen LogP contribution >= 0.6 is 42.8 Å². The third-order valence-electron chi connectivity index (χ3n) is 11.1. The van der Waals surface area contributed by atoms with Gasteiger partial charge in [0.25, 0.3) is 0 Å². The Bertz CT molecular complexity index is 1590. The molecular formula is C36H49ClF3I2N6O3S-. The summed E-state index contributed by atoms with van der Waals surface area (Å²) in [5.41, 5.74) is 1.17. The number of benzene rings is 1. The molecule has 52 heavy (non-hydrogen) atoms. The first-order valence-electron chi connectivity index (χ1n) is 18.1. The molecule has 9 nitrogen and oxygen atoms in total. The number of carbonyl (C=O) groups excluding carboxylic acids is 3. The fourth-order valence-electron chi connectivity index (χ4n) is 8.12. The Hall–Kier alpha value is -1.41. The summed E-state index contributed by atoms with van der Waals surface area (Å²) < 4.78 is 44.0. The van der Waals surface area contributed by atoms with Crippen LogP contribution in [0.1, 0.15) is 62.1 Å². The van der Waals surface area contributed by atoms with Crippen LogP contribution in [0.25, 0.3) is 0 Å². The number of nitrogens with zero attached hydrogens (tertiary/aromatic N) is 3. The number of thiophene rings is 1. The molecule has 4 aliphatic heterocycles. The first-order chi connectivity index (χ1) is 24.8. The van der Waals surface area contributed by atoms with Gasteiger partial charge in [0.15, 0.2) is 0 Å². The van der Waals surface area contributed by atoms with Crippen molar-refractivity contribution in [3.05, 3.63) is 44.6 Å². The molecule has 290 valence electrons. The maximum atomic E-state index is 14.2. The molecule has 4 fully saturated rings. The number of rotatable bonds is 11. The van der Waals surface area contributed by atoms with E-state index < -0.39 is 58.8 Å². The zero-order chi connectivity index (χ0) is 37.2. The molecule has 0 saturated carbocycles. The average Bonchev–Trinajstić information content (AvgIpc) is 3.63. The average molecular weight is 992 g/mol. The molecule has 3 atom stereocenters. The molecule has 2 aromatic rings. The van der Waals surface area contributed by atoms with Crippen LogP contribution in [-0.2, 0) is 23.8 Å². The minimum absolute atomic E-state index is 0.0864. The van der Waals surface area contributed by atoms with E-state index in [2.05, 4.69) is 45.1 Å². The van der Waals surface area contributed by atoms with Gasteiger partial charge >= 0.3 is 327 Å². The summed E-state index contributed by atoms with van der Waals surface area (Å²) in [4.78, 5) is 47.7. The SMILES string of the molecule is CCc1cscc1NC(=O)[I-]C1CCI(C(=O)N[C@H](Cc2cc(Cl)c(NC)c(C(F)(F)F)c2)C(=O)N2CCN(C3CC4CCC(C3)N4C)CC2)CC1. The monoisotopic (exact) mass is 991 g/mol. The molecule has 1 aromatic carbocycles. The molecule has 3 amide bonds. The zero-order valence-corrected chi connectivity index (χ0v) is 35.7. The van der Waals surface area contributed by atoms with Gasteiger partial charge in [-0.1, -0.05) is 0 Å². The van der Waals surface area contributed by atoms with Crippen LogP contribution in [0.3, 0.4) is 0 Å². The Kier molecular flexibility index (Phi) is 13.6. The summed E-state index contributed by atoms with van der Waals surface area (Å²) in [5.74, 6) is -0.257. The molecule has 16 heteroatoms. The van der Waals surface area contributed by atoms with Crippen LogP contribution in [-0.4, -0.2) is 106 Å². The first kappa shape index (κ1) is 40.3. The van der Waals surface area contributed by atoms with Crippen LogP contribution in [0.4, 0.5) is 34.1 Å². The van der Waals surface area contributed by atoms with Crippen molar-refractivity contribution in [1.82, 2.24) is 20.0 Å². The molecular weight excluding hydrogens is 943 g/mol. The minimum atomic E-state index is -4.65. The molecule has 2 unspecified atom stereocenters. The Balaban J connectivity index is 1.10. The summed E-state index contributed by atoms with van der Waals surface area (Å²) >= 11 is 4.96.